The van der Waals surface area contributed by atoms with E-state index in [1.165, 1.54) is 165 Å². The molecule has 2 nitrogen and oxygen atoms in total. The topological polar surface area (TPSA) is 9.86 Å². The van der Waals surface area contributed by atoms with Crippen LogP contribution in [-0.2, 0) is 10.8 Å². The Hall–Kier alpha value is -9.50. The van der Waals surface area contributed by atoms with Gasteiger partial charge in [0, 0.05) is 43.1 Å². The normalized spacial score (nSPS) is 14.1. The lowest BCUT2D eigenvalue weighted by molar-refractivity contribution is 0.660. The second-order valence-corrected chi connectivity index (χ2v) is 23.1. The molecule has 0 saturated carbocycles. The van der Waals surface area contributed by atoms with Gasteiger partial charge in [-0.1, -0.05) is 210 Å². The van der Waals surface area contributed by atoms with E-state index in [1.54, 1.807) is 0 Å². The van der Waals surface area contributed by atoms with Gasteiger partial charge in [0.25, 0.3) is 0 Å². The van der Waals surface area contributed by atoms with Gasteiger partial charge in [0.15, 0.2) is 0 Å². The number of para-hydroxylation sites is 4. The Labute approximate surface area is 452 Å². The summed E-state index contributed by atoms with van der Waals surface area (Å²) in [6.45, 7) is 9.85. The Morgan fingerprint density at radius 2 is 0.526 bits per heavy atom. The summed E-state index contributed by atoms with van der Waals surface area (Å²) in [5.41, 5.74) is 22.5. The van der Waals surface area contributed by atoms with Crippen LogP contribution in [0.4, 0.5) is 0 Å². The average Bonchev–Trinajstić information content (AvgIpc) is 4.34. The van der Waals surface area contributed by atoms with Crippen molar-refractivity contribution in [1.82, 2.24) is 9.13 Å². The predicted octanol–water partition coefficient (Wildman–Crippen LogP) is 20.4. The molecular formula is C76H52N2. The molecule has 0 fully saturated rings. The number of nitrogens with zero attached hydrogens (tertiary/aromatic N) is 2. The summed E-state index contributed by atoms with van der Waals surface area (Å²) in [4.78, 5) is 0. The zero-order valence-corrected chi connectivity index (χ0v) is 44.0. The molecule has 0 bridgehead atoms. The highest BCUT2D eigenvalue weighted by Crippen LogP contribution is 2.59. The molecule has 78 heavy (non-hydrogen) atoms. The molecule has 17 rings (SSSR count). The SMILES string of the molecule is CC1(C)c2cc3c(cc2-c2c1cc(-n1c4ccccc4c4ccccc41)c1ccccc21)c(-c1ccccc1)c(-c1ccccc1)c1cc2c(cc13)C(C)(C)c1cc(-n3c4ccccc4c4ccccc43)c3ccccc3c1-2. The van der Waals surface area contributed by atoms with Crippen LogP contribution in [0.5, 0.6) is 0 Å². The summed E-state index contributed by atoms with van der Waals surface area (Å²) in [5.74, 6) is 0. The van der Waals surface area contributed by atoms with Crippen LogP contribution in [0.2, 0.25) is 0 Å². The maximum atomic E-state index is 2.61. The van der Waals surface area contributed by atoms with E-state index in [0.29, 0.717) is 0 Å². The number of rotatable bonds is 4. The Balaban J connectivity index is 0.980. The zero-order chi connectivity index (χ0) is 51.8. The molecule has 0 spiro atoms. The van der Waals surface area contributed by atoms with Crippen molar-refractivity contribution in [1.29, 1.82) is 0 Å². The van der Waals surface area contributed by atoms with Crippen molar-refractivity contribution in [3.8, 4) is 55.9 Å². The monoisotopic (exact) mass is 992 g/mol. The van der Waals surface area contributed by atoms with Gasteiger partial charge in [-0.15, -0.1) is 0 Å². The molecule has 0 atom stereocenters. The van der Waals surface area contributed by atoms with Crippen LogP contribution < -0.4 is 0 Å². The molecule has 2 heteroatoms. The van der Waals surface area contributed by atoms with Gasteiger partial charge in [0.05, 0.1) is 33.4 Å². The fraction of sp³-hybridized carbons (Fsp3) is 0.0789. The Bertz CT molecular complexity index is 4690. The first-order valence-electron chi connectivity index (χ1n) is 27.6. The molecule has 366 valence electrons. The van der Waals surface area contributed by atoms with E-state index in [0.717, 1.165) is 0 Å². The third-order valence-corrected chi connectivity index (χ3v) is 18.4. The van der Waals surface area contributed by atoms with Gasteiger partial charge in [-0.3, -0.25) is 0 Å². The van der Waals surface area contributed by atoms with E-state index >= 15 is 0 Å². The number of hydrogen-bond donors (Lipinski definition) is 0. The van der Waals surface area contributed by atoms with Crippen molar-refractivity contribution >= 4 is 86.7 Å². The first kappa shape index (κ1) is 43.7. The summed E-state index contributed by atoms with van der Waals surface area (Å²) >= 11 is 0. The highest BCUT2D eigenvalue weighted by atomic mass is 15.0. The molecule has 2 aromatic heterocycles. The van der Waals surface area contributed by atoms with Gasteiger partial charge in [-0.25, -0.2) is 0 Å². The van der Waals surface area contributed by atoms with E-state index in [4.69, 9.17) is 0 Å². The Morgan fingerprint density at radius 1 is 0.231 bits per heavy atom. The molecule has 2 heterocycles. The lowest BCUT2D eigenvalue weighted by atomic mass is 9.77. The average molecular weight is 993 g/mol. The zero-order valence-electron chi connectivity index (χ0n) is 44.0. The van der Waals surface area contributed by atoms with Crippen molar-refractivity contribution in [2.75, 3.05) is 0 Å². The van der Waals surface area contributed by atoms with Crippen LogP contribution >= 0.6 is 0 Å². The molecule has 0 radical (unpaired) electrons. The van der Waals surface area contributed by atoms with Gasteiger partial charge in [0.1, 0.15) is 0 Å². The van der Waals surface area contributed by atoms with E-state index in [2.05, 4.69) is 279 Å². The van der Waals surface area contributed by atoms with E-state index in [-0.39, 0.29) is 10.8 Å². The van der Waals surface area contributed by atoms with E-state index in [9.17, 15) is 0 Å². The van der Waals surface area contributed by atoms with Gasteiger partial charge in [-0.05, 0) is 160 Å². The van der Waals surface area contributed by atoms with Crippen LogP contribution in [0.1, 0.15) is 49.9 Å². The smallest absolute Gasteiger partial charge is 0.0544 e. The van der Waals surface area contributed by atoms with Crippen LogP contribution in [-0.4, -0.2) is 9.13 Å². The Kier molecular flexibility index (Phi) is 8.72. The van der Waals surface area contributed by atoms with Crippen LogP contribution in [0.15, 0.2) is 243 Å². The largest absolute Gasteiger partial charge is 0.309 e. The first-order valence-corrected chi connectivity index (χ1v) is 27.6. The van der Waals surface area contributed by atoms with Gasteiger partial charge in [-0.2, -0.15) is 0 Å². The van der Waals surface area contributed by atoms with Crippen molar-refractivity contribution in [3.05, 3.63) is 265 Å². The Morgan fingerprint density at radius 3 is 0.872 bits per heavy atom. The quantitative estimate of drug-likeness (QED) is 0.156. The maximum Gasteiger partial charge on any atom is 0.0544 e. The van der Waals surface area contributed by atoms with Gasteiger partial charge in [0.2, 0.25) is 0 Å². The third-order valence-electron chi connectivity index (χ3n) is 18.4. The number of benzene rings is 13. The lowest BCUT2D eigenvalue weighted by Crippen LogP contribution is -2.16. The summed E-state index contributed by atoms with van der Waals surface area (Å²) in [7, 11) is 0. The summed E-state index contributed by atoms with van der Waals surface area (Å²) in [6.07, 6.45) is 0. The number of aromatic nitrogens is 2. The molecule has 2 aliphatic rings. The van der Waals surface area contributed by atoms with Crippen molar-refractivity contribution in [3.63, 3.8) is 0 Å². The molecule has 0 aliphatic heterocycles. The van der Waals surface area contributed by atoms with E-state index in [1.807, 2.05) is 0 Å². The van der Waals surface area contributed by atoms with Crippen LogP contribution in [0, 0.1) is 0 Å². The molecular weight excluding hydrogens is 941 g/mol. The third kappa shape index (κ3) is 5.66. The minimum atomic E-state index is -0.317. The fourth-order valence-electron chi connectivity index (χ4n) is 14.9. The molecule has 0 saturated heterocycles. The predicted molar refractivity (Wildman–Crippen MR) is 331 cm³/mol. The van der Waals surface area contributed by atoms with Gasteiger partial charge >= 0.3 is 0 Å². The highest BCUT2D eigenvalue weighted by Gasteiger charge is 2.41. The number of hydrogen-bond acceptors (Lipinski definition) is 0. The minimum absolute atomic E-state index is 0.317. The second kappa shape index (κ2) is 15.6. The maximum absolute atomic E-state index is 2.61. The molecule has 0 amide bonds. The molecule has 0 unspecified atom stereocenters. The fourth-order valence-corrected chi connectivity index (χ4v) is 14.9. The second-order valence-electron chi connectivity index (χ2n) is 23.1. The standard InChI is InChI=1S/C76H52N2/c1-75(2)61-41-55-56-42-62-60(74-54-34-14-12-32-52(54)70(44-64(74)76(62,3)4)78-67-37-21-17-29-49(67)50-30-18-22-38-68(50)78)40-58(56)72(46-25-9-6-10-26-46)71(45-23-7-5-8-24-45)57(55)39-59(61)73-53-33-13-11-31-51(53)69(43-63(73)75)77-65-35-19-15-27-47(65)48-28-16-20-36-66(48)77/h5-44H,1-4H3. The van der Waals surface area contributed by atoms with E-state index < -0.39 is 0 Å². The molecule has 2 aliphatic carbocycles. The molecule has 0 N–H and O–H groups in total. The summed E-state index contributed by atoms with van der Waals surface area (Å²) in [5, 5.41) is 15.3. The first-order chi connectivity index (χ1) is 38.3. The van der Waals surface area contributed by atoms with Crippen molar-refractivity contribution < 1.29 is 0 Å². The molecule has 13 aromatic carbocycles. The summed E-state index contributed by atoms with van der Waals surface area (Å²) < 4.78 is 5.04. The lowest BCUT2D eigenvalue weighted by Gasteiger charge is -2.26. The minimum Gasteiger partial charge on any atom is -0.309 e. The van der Waals surface area contributed by atoms with Crippen molar-refractivity contribution in [2.24, 2.45) is 0 Å². The molecule has 15 aromatic rings. The van der Waals surface area contributed by atoms with Crippen molar-refractivity contribution in [2.45, 2.75) is 38.5 Å². The number of fused-ring (bicyclic) bond motifs is 19. The highest BCUT2D eigenvalue weighted by molar-refractivity contribution is 6.25. The summed E-state index contributed by atoms with van der Waals surface area (Å²) in [6, 6.07) is 91.8. The van der Waals surface area contributed by atoms with Crippen LogP contribution in [0.3, 0.4) is 0 Å². The van der Waals surface area contributed by atoms with Crippen LogP contribution in [0.25, 0.3) is 143 Å². The van der Waals surface area contributed by atoms with Gasteiger partial charge < -0.3 is 9.13 Å².